The molecule has 7 nitrogen and oxygen atoms in total. The van der Waals surface area contributed by atoms with E-state index in [2.05, 4.69) is 15.5 Å². The van der Waals surface area contributed by atoms with Crippen molar-refractivity contribution < 1.29 is 14.3 Å². The van der Waals surface area contributed by atoms with Gasteiger partial charge in [-0.15, -0.1) is 0 Å². The van der Waals surface area contributed by atoms with Crippen LogP contribution in [0.2, 0.25) is 0 Å². The summed E-state index contributed by atoms with van der Waals surface area (Å²) in [5.74, 6) is 0.384. The second kappa shape index (κ2) is 9.86. The number of aromatic amines is 1. The van der Waals surface area contributed by atoms with Crippen LogP contribution in [-0.4, -0.2) is 39.8 Å². The molecule has 1 aromatic carbocycles. The summed E-state index contributed by atoms with van der Waals surface area (Å²) < 4.78 is 7.15. The lowest BCUT2D eigenvalue weighted by molar-refractivity contribution is -0.143. The molecule has 0 atom stereocenters. The number of aryl methyl sites for hydroxylation is 1. The molecule has 1 amide bonds. The largest absolute Gasteiger partial charge is 0.466 e. The van der Waals surface area contributed by atoms with Crippen LogP contribution < -0.4 is 5.32 Å². The number of nitrogens with one attached hydrogen (secondary N) is 2. The number of nitrogens with zero attached hydrogens (tertiary/aromatic N) is 2. The van der Waals surface area contributed by atoms with Gasteiger partial charge in [-0.2, -0.15) is 5.10 Å². The first kappa shape index (κ1) is 19.8. The van der Waals surface area contributed by atoms with Crippen molar-refractivity contribution in [1.29, 1.82) is 0 Å². The van der Waals surface area contributed by atoms with Gasteiger partial charge in [0.1, 0.15) is 0 Å². The fraction of sp³-hybridized carbons (Fsp3) is 0.444. The van der Waals surface area contributed by atoms with Crippen molar-refractivity contribution in [1.82, 2.24) is 20.1 Å². The molecule has 0 unspecified atom stereocenters. The quantitative estimate of drug-likeness (QED) is 0.399. The third kappa shape index (κ3) is 5.80. The fourth-order valence-electron chi connectivity index (χ4n) is 2.53. The molecule has 2 N–H and O–H groups in total. The number of H-pyrrole nitrogens is 1. The molecule has 0 fully saturated rings. The third-order valence-electron chi connectivity index (χ3n) is 3.78. The van der Waals surface area contributed by atoms with E-state index in [1.54, 1.807) is 6.92 Å². The standard InChI is InChI=1S/C18H24N4O3S/c1-3-25-16(24)8-5-10-19-15(23)9-11-22-17(20-21-18(22)26)14-7-4-6-13(2)12-14/h4,6-7,12H,3,5,8-11H2,1-2H3,(H,19,23)(H,21,26). The predicted octanol–water partition coefficient (Wildman–Crippen LogP) is 2.77. The molecule has 0 aliphatic carbocycles. The second-order valence-corrected chi connectivity index (χ2v) is 6.27. The normalized spacial score (nSPS) is 10.5. The van der Waals surface area contributed by atoms with Crippen LogP contribution in [0.1, 0.15) is 31.7 Å². The van der Waals surface area contributed by atoms with Crippen LogP contribution >= 0.6 is 12.2 Å². The Kier molecular flexibility index (Phi) is 7.53. The van der Waals surface area contributed by atoms with Crippen LogP contribution in [0.25, 0.3) is 11.4 Å². The minimum absolute atomic E-state index is 0.0906. The number of hydrogen-bond donors (Lipinski definition) is 2. The molecular weight excluding hydrogens is 352 g/mol. The van der Waals surface area contributed by atoms with E-state index in [0.717, 1.165) is 11.1 Å². The van der Waals surface area contributed by atoms with E-state index in [1.165, 1.54) is 0 Å². The van der Waals surface area contributed by atoms with E-state index in [4.69, 9.17) is 17.0 Å². The Morgan fingerprint density at radius 2 is 2.15 bits per heavy atom. The van der Waals surface area contributed by atoms with Gasteiger partial charge in [0.25, 0.3) is 0 Å². The molecule has 0 radical (unpaired) electrons. The van der Waals surface area contributed by atoms with Crippen LogP contribution in [-0.2, 0) is 20.9 Å². The highest BCUT2D eigenvalue weighted by atomic mass is 32.1. The first-order chi connectivity index (χ1) is 12.5. The van der Waals surface area contributed by atoms with Gasteiger partial charge in [-0.25, -0.2) is 0 Å². The van der Waals surface area contributed by atoms with E-state index < -0.39 is 0 Å². The van der Waals surface area contributed by atoms with Gasteiger partial charge in [0.15, 0.2) is 10.6 Å². The number of amides is 1. The summed E-state index contributed by atoms with van der Waals surface area (Å²) in [4.78, 5) is 23.3. The highest BCUT2D eigenvalue weighted by Gasteiger charge is 2.11. The number of hydrogen-bond acceptors (Lipinski definition) is 5. The zero-order valence-corrected chi connectivity index (χ0v) is 15.9. The van der Waals surface area contributed by atoms with Gasteiger partial charge in [-0.05, 0) is 38.6 Å². The Morgan fingerprint density at radius 1 is 1.35 bits per heavy atom. The Hall–Kier alpha value is -2.48. The summed E-state index contributed by atoms with van der Waals surface area (Å²) in [6.07, 6.45) is 1.15. The summed E-state index contributed by atoms with van der Waals surface area (Å²) in [6.45, 7) is 5.03. The molecule has 1 heterocycles. The molecular formula is C18H24N4O3S. The van der Waals surface area contributed by atoms with Gasteiger partial charge >= 0.3 is 5.97 Å². The number of ether oxygens (including phenoxy) is 1. The first-order valence-electron chi connectivity index (χ1n) is 8.65. The molecule has 140 valence electrons. The number of carbonyl (C=O) groups is 2. The topological polar surface area (TPSA) is 89.0 Å². The van der Waals surface area contributed by atoms with Crippen LogP contribution in [0, 0.1) is 11.7 Å². The van der Waals surface area contributed by atoms with E-state index in [1.807, 2.05) is 35.8 Å². The molecule has 2 rings (SSSR count). The molecule has 0 bridgehead atoms. The smallest absolute Gasteiger partial charge is 0.305 e. The molecule has 0 saturated carbocycles. The lowest BCUT2D eigenvalue weighted by Crippen LogP contribution is -2.26. The van der Waals surface area contributed by atoms with Crippen LogP contribution in [0.4, 0.5) is 0 Å². The van der Waals surface area contributed by atoms with Crippen molar-refractivity contribution >= 4 is 24.1 Å². The first-order valence-corrected chi connectivity index (χ1v) is 9.06. The number of benzene rings is 1. The van der Waals surface area contributed by atoms with Crippen LogP contribution in [0.15, 0.2) is 24.3 Å². The molecule has 2 aromatic rings. The zero-order chi connectivity index (χ0) is 18.9. The van der Waals surface area contributed by atoms with Gasteiger partial charge in [0.05, 0.1) is 6.61 Å². The van der Waals surface area contributed by atoms with Crippen molar-refractivity contribution in [2.24, 2.45) is 0 Å². The highest BCUT2D eigenvalue weighted by Crippen LogP contribution is 2.18. The number of carbonyl (C=O) groups excluding carboxylic acids is 2. The average molecular weight is 376 g/mol. The maximum absolute atomic E-state index is 12.0. The SMILES string of the molecule is CCOC(=O)CCCNC(=O)CCn1c(-c2cccc(C)c2)n[nH]c1=S. The van der Waals surface area contributed by atoms with Gasteiger partial charge in [0.2, 0.25) is 5.91 Å². The summed E-state index contributed by atoms with van der Waals surface area (Å²) >= 11 is 5.28. The molecule has 1 aromatic heterocycles. The van der Waals surface area contributed by atoms with E-state index >= 15 is 0 Å². The monoisotopic (exact) mass is 376 g/mol. The number of esters is 1. The maximum atomic E-state index is 12.0. The molecule has 0 aliphatic heterocycles. The van der Waals surface area contributed by atoms with Crippen LogP contribution in [0.5, 0.6) is 0 Å². The predicted molar refractivity (Wildman–Crippen MR) is 101 cm³/mol. The highest BCUT2D eigenvalue weighted by molar-refractivity contribution is 7.71. The summed E-state index contributed by atoms with van der Waals surface area (Å²) in [7, 11) is 0. The molecule has 8 heteroatoms. The molecule has 0 spiro atoms. The Morgan fingerprint density at radius 3 is 2.88 bits per heavy atom. The van der Waals surface area contributed by atoms with Gasteiger partial charge < -0.3 is 10.1 Å². The average Bonchev–Trinajstić information content (AvgIpc) is 2.98. The Bertz CT molecular complexity index is 813. The summed E-state index contributed by atoms with van der Waals surface area (Å²) in [6, 6.07) is 7.96. The molecule has 0 saturated heterocycles. The van der Waals surface area contributed by atoms with Crippen LogP contribution in [0.3, 0.4) is 0 Å². The van der Waals surface area contributed by atoms with Crippen molar-refractivity contribution in [3.63, 3.8) is 0 Å². The van der Waals surface area contributed by atoms with Crippen molar-refractivity contribution in [3.05, 3.63) is 34.6 Å². The van der Waals surface area contributed by atoms with Gasteiger partial charge in [0, 0.05) is 31.5 Å². The minimum atomic E-state index is -0.241. The number of rotatable bonds is 9. The van der Waals surface area contributed by atoms with Crippen molar-refractivity contribution in [2.45, 2.75) is 39.7 Å². The third-order valence-corrected chi connectivity index (χ3v) is 4.09. The maximum Gasteiger partial charge on any atom is 0.305 e. The van der Waals surface area contributed by atoms with Gasteiger partial charge in [-0.1, -0.05) is 23.8 Å². The Labute approximate surface area is 157 Å². The minimum Gasteiger partial charge on any atom is -0.466 e. The number of aromatic nitrogens is 3. The second-order valence-electron chi connectivity index (χ2n) is 5.88. The fourth-order valence-corrected chi connectivity index (χ4v) is 2.75. The van der Waals surface area contributed by atoms with E-state index in [-0.39, 0.29) is 18.3 Å². The molecule has 26 heavy (non-hydrogen) atoms. The van der Waals surface area contributed by atoms with Crippen molar-refractivity contribution in [2.75, 3.05) is 13.2 Å². The Balaban J connectivity index is 1.86. The lowest BCUT2D eigenvalue weighted by atomic mass is 10.1. The van der Waals surface area contributed by atoms with Gasteiger partial charge in [-0.3, -0.25) is 19.3 Å². The summed E-state index contributed by atoms with van der Waals surface area (Å²) in [5.41, 5.74) is 2.08. The molecule has 0 aliphatic rings. The van der Waals surface area contributed by atoms with E-state index in [0.29, 0.717) is 43.1 Å². The van der Waals surface area contributed by atoms with E-state index in [9.17, 15) is 9.59 Å². The lowest BCUT2D eigenvalue weighted by Gasteiger charge is -2.08. The zero-order valence-electron chi connectivity index (χ0n) is 15.1. The van der Waals surface area contributed by atoms with Crippen molar-refractivity contribution in [3.8, 4) is 11.4 Å². The summed E-state index contributed by atoms with van der Waals surface area (Å²) in [5, 5.41) is 9.87.